The van der Waals surface area contributed by atoms with Gasteiger partial charge in [0.25, 0.3) is 0 Å². The van der Waals surface area contributed by atoms with Crippen LogP contribution >= 0.6 is 34.8 Å². The van der Waals surface area contributed by atoms with Crippen LogP contribution in [0.4, 0.5) is 0 Å². The Hall–Kier alpha value is 0.610. The van der Waals surface area contributed by atoms with Gasteiger partial charge in [0, 0.05) is 0 Å². The van der Waals surface area contributed by atoms with E-state index < -0.39 is 3.79 Å². The maximum absolute atomic E-state index is 5.55. The van der Waals surface area contributed by atoms with Gasteiger partial charge in [-0.1, -0.05) is 40.4 Å². The highest BCUT2D eigenvalue weighted by Crippen LogP contribution is 2.35. The van der Waals surface area contributed by atoms with Crippen molar-refractivity contribution in [3.63, 3.8) is 0 Å². The summed E-state index contributed by atoms with van der Waals surface area (Å²) in [5, 5.41) is 0. The largest absolute Gasteiger partial charge is 0.212 e. The van der Waals surface area contributed by atoms with E-state index in [0.29, 0.717) is 0 Å². The zero-order chi connectivity index (χ0) is 7.65. The van der Waals surface area contributed by atoms with Crippen molar-refractivity contribution in [2.45, 2.75) is 24.6 Å². The summed E-state index contributed by atoms with van der Waals surface area (Å²) in [6, 6.07) is 0. The van der Waals surface area contributed by atoms with Crippen molar-refractivity contribution >= 4 is 34.8 Å². The molecule has 3 heteroatoms. The van der Waals surface area contributed by atoms with Gasteiger partial charge in [0.1, 0.15) is 0 Å². The molecule has 0 nitrogen and oxygen atoms in total. The van der Waals surface area contributed by atoms with Gasteiger partial charge in [-0.3, -0.25) is 0 Å². The van der Waals surface area contributed by atoms with Crippen LogP contribution in [0.25, 0.3) is 0 Å². The second-order valence-electron chi connectivity index (χ2n) is 2.12. The molecule has 0 unspecified atom stereocenters. The van der Waals surface area contributed by atoms with E-state index in [0.717, 1.165) is 11.1 Å². The van der Waals surface area contributed by atoms with Crippen molar-refractivity contribution in [2.75, 3.05) is 0 Å². The number of halogens is 3. The Bertz CT molecular complexity index is 126. The van der Waals surface area contributed by atoms with Crippen molar-refractivity contribution in [3.05, 3.63) is 11.1 Å². The van der Waals surface area contributed by atoms with E-state index in [4.69, 9.17) is 34.8 Å². The van der Waals surface area contributed by atoms with Crippen LogP contribution < -0.4 is 0 Å². The first-order valence-electron chi connectivity index (χ1n) is 2.57. The number of hydrogen-bond acceptors (Lipinski definition) is 0. The third kappa shape index (κ3) is 3.34. The molecule has 0 heterocycles. The summed E-state index contributed by atoms with van der Waals surface area (Å²) in [5.41, 5.74) is 1.85. The molecule has 0 atom stereocenters. The quantitative estimate of drug-likeness (QED) is 0.401. The first kappa shape index (κ1) is 9.61. The van der Waals surface area contributed by atoms with Gasteiger partial charge in [-0.05, 0) is 26.3 Å². The molecule has 0 aromatic rings. The van der Waals surface area contributed by atoms with Crippen LogP contribution in [0.5, 0.6) is 0 Å². The summed E-state index contributed by atoms with van der Waals surface area (Å²) in [7, 11) is 0. The number of allylic oxidation sites excluding steroid dienone is 2. The summed E-state index contributed by atoms with van der Waals surface area (Å²) in [6.45, 7) is 5.64. The third-order valence-electron chi connectivity index (χ3n) is 1.18. The van der Waals surface area contributed by atoms with Gasteiger partial charge in [0.15, 0.2) is 0 Å². The van der Waals surface area contributed by atoms with Crippen LogP contribution in [0.1, 0.15) is 20.8 Å². The average Bonchev–Trinajstić information content (AvgIpc) is 1.62. The summed E-state index contributed by atoms with van der Waals surface area (Å²) >= 11 is 16.7. The molecule has 0 aromatic heterocycles. The molecule has 0 aliphatic rings. The molecule has 54 valence electrons. The summed E-state index contributed by atoms with van der Waals surface area (Å²) in [5.74, 6) is 0. The van der Waals surface area contributed by atoms with Crippen LogP contribution in [0.15, 0.2) is 11.1 Å². The number of hydrogen-bond donors (Lipinski definition) is 0. The van der Waals surface area contributed by atoms with E-state index in [2.05, 4.69) is 0 Å². The summed E-state index contributed by atoms with van der Waals surface area (Å²) in [6.07, 6.45) is 0. The van der Waals surface area contributed by atoms with E-state index in [-0.39, 0.29) is 0 Å². The molecule has 0 amide bonds. The molecule has 0 aliphatic heterocycles. The fourth-order valence-electron chi connectivity index (χ4n) is 0.283. The molecule has 0 rings (SSSR count). The Morgan fingerprint density at radius 3 is 1.33 bits per heavy atom. The van der Waals surface area contributed by atoms with Gasteiger partial charge in [-0.25, -0.2) is 0 Å². The second-order valence-corrected chi connectivity index (χ2v) is 4.40. The lowest BCUT2D eigenvalue weighted by Crippen LogP contribution is -2.04. The zero-order valence-electron chi connectivity index (χ0n) is 5.63. The Balaban J connectivity index is 4.40. The summed E-state index contributed by atoms with van der Waals surface area (Å²) in [4.78, 5) is 0. The fourth-order valence-corrected chi connectivity index (χ4v) is 0.850. The second kappa shape index (κ2) is 3.14. The van der Waals surface area contributed by atoms with Crippen LogP contribution in [-0.2, 0) is 0 Å². The Morgan fingerprint density at radius 1 is 1.00 bits per heavy atom. The predicted molar refractivity (Wildman–Crippen MR) is 44.3 cm³/mol. The molecular weight excluding hydrogens is 178 g/mol. The summed E-state index contributed by atoms with van der Waals surface area (Å²) < 4.78 is -1.22. The van der Waals surface area contributed by atoms with E-state index in [1.54, 1.807) is 0 Å². The van der Waals surface area contributed by atoms with E-state index in [1.807, 2.05) is 20.8 Å². The van der Waals surface area contributed by atoms with Crippen LogP contribution in [0.3, 0.4) is 0 Å². The fraction of sp³-hybridized carbons (Fsp3) is 0.667. The SMILES string of the molecule is CC(C)=C(C)C(Cl)(Cl)Cl. The molecule has 0 N–H and O–H groups in total. The standard InChI is InChI=1S/C6H9Cl3/c1-4(2)5(3)6(7,8)9/h1-3H3. The molecular formula is C6H9Cl3. The van der Waals surface area contributed by atoms with Crippen LogP contribution in [-0.4, -0.2) is 3.79 Å². The van der Waals surface area contributed by atoms with E-state index >= 15 is 0 Å². The smallest absolute Gasteiger partial charge is 0.0788 e. The Labute approximate surface area is 70.8 Å². The maximum Gasteiger partial charge on any atom is 0.212 e. The maximum atomic E-state index is 5.55. The van der Waals surface area contributed by atoms with Gasteiger partial charge in [-0.15, -0.1) is 0 Å². The zero-order valence-corrected chi connectivity index (χ0v) is 7.90. The van der Waals surface area contributed by atoms with Crippen molar-refractivity contribution in [1.29, 1.82) is 0 Å². The Morgan fingerprint density at radius 2 is 1.33 bits per heavy atom. The monoisotopic (exact) mass is 186 g/mol. The molecule has 0 aromatic carbocycles. The normalized spacial score (nSPS) is 11.3. The van der Waals surface area contributed by atoms with Crippen LogP contribution in [0.2, 0.25) is 0 Å². The molecule has 9 heavy (non-hydrogen) atoms. The highest BCUT2D eigenvalue weighted by atomic mass is 35.6. The lowest BCUT2D eigenvalue weighted by molar-refractivity contribution is 1.15. The lowest BCUT2D eigenvalue weighted by atomic mass is 10.2. The molecule has 0 bridgehead atoms. The molecule has 0 fully saturated rings. The van der Waals surface area contributed by atoms with E-state index in [9.17, 15) is 0 Å². The van der Waals surface area contributed by atoms with Crippen molar-refractivity contribution < 1.29 is 0 Å². The lowest BCUT2D eigenvalue weighted by Gasteiger charge is -2.12. The Kier molecular flexibility index (Phi) is 3.35. The first-order valence-corrected chi connectivity index (χ1v) is 3.70. The number of alkyl halides is 3. The highest BCUT2D eigenvalue weighted by molar-refractivity contribution is 6.69. The third-order valence-corrected chi connectivity index (χ3v) is 2.03. The molecule has 0 radical (unpaired) electrons. The predicted octanol–water partition coefficient (Wildman–Crippen LogP) is 3.71. The molecule has 0 saturated heterocycles. The van der Waals surface area contributed by atoms with Gasteiger partial charge < -0.3 is 0 Å². The number of rotatable bonds is 0. The minimum absolute atomic E-state index is 0.799. The van der Waals surface area contributed by atoms with Crippen molar-refractivity contribution in [2.24, 2.45) is 0 Å². The minimum Gasteiger partial charge on any atom is -0.0788 e. The van der Waals surface area contributed by atoms with E-state index in [1.165, 1.54) is 0 Å². The van der Waals surface area contributed by atoms with Gasteiger partial charge >= 0.3 is 0 Å². The van der Waals surface area contributed by atoms with Crippen LogP contribution in [0, 0.1) is 0 Å². The van der Waals surface area contributed by atoms with Gasteiger partial charge in [0.2, 0.25) is 3.79 Å². The first-order chi connectivity index (χ1) is 3.85. The van der Waals surface area contributed by atoms with Gasteiger partial charge in [-0.2, -0.15) is 0 Å². The topological polar surface area (TPSA) is 0 Å². The van der Waals surface area contributed by atoms with Gasteiger partial charge in [0.05, 0.1) is 0 Å². The van der Waals surface area contributed by atoms with Crippen molar-refractivity contribution in [1.82, 2.24) is 0 Å². The molecule has 0 saturated carbocycles. The highest BCUT2D eigenvalue weighted by Gasteiger charge is 2.22. The minimum atomic E-state index is -1.22. The van der Waals surface area contributed by atoms with Crippen molar-refractivity contribution in [3.8, 4) is 0 Å². The average molecular weight is 187 g/mol. The molecule has 0 spiro atoms. The molecule has 0 aliphatic carbocycles.